The molecule has 2 N–H and O–H groups in total. The van der Waals surface area contributed by atoms with Gasteiger partial charge in [0.1, 0.15) is 10.7 Å². The second-order valence-electron chi connectivity index (χ2n) is 5.61. The summed E-state index contributed by atoms with van der Waals surface area (Å²) in [5, 5.41) is 0.168. The summed E-state index contributed by atoms with van der Waals surface area (Å²) < 4.78 is 40.3. The molecule has 0 bridgehead atoms. The van der Waals surface area contributed by atoms with Crippen molar-refractivity contribution in [3.8, 4) is 0 Å². The molecular weight excluding hydrogens is 315 g/mol. The zero-order valence-corrected chi connectivity index (χ0v) is 14.4. The summed E-state index contributed by atoms with van der Waals surface area (Å²) in [4.78, 5) is 0.914. The summed E-state index contributed by atoms with van der Waals surface area (Å²) in [6.07, 6.45) is 0. The molecule has 0 aromatic heterocycles. The van der Waals surface area contributed by atoms with Crippen molar-refractivity contribution in [3.05, 3.63) is 29.0 Å². The molecule has 0 aliphatic carbocycles. The van der Waals surface area contributed by atoms with Crippen LogP contribution in [0.15, 0.2) is 23.1 Å². The highest BCUT2D eigenvalue weighted by Crippen LogP contribution is 2.18. The van der Waals surface area contributed by atoms with Crippen LogP contribution in [-0.4, -0.2) is 33.6 Å². The van der Waals surface area contributed by atoms with Gasteiger partial charge in [-0.25, -0.2) is 17.5 Å². The molecule has 0 saturated carbocycles. The highest BCUT2D eigenvalue weighted by Gasteiger charge is 2.21. The molecule has 0 radical (unpaired) electrons. The lowest BCUT2D eigenvalue weighted by molar-refractivity contribution is -0.941. The molecule has 0 unspecified atom stereocenters. The predicted molar refractivity (Wildman–Crippen MR) is 82.7 cm³/mol. The minimum Gasteiger partial charge on any atom is -0.330 e. The van der Waals surface area contributed by atoms with Gasteiger partial charge in [0.15, 0.2) is 0 Å². The van der Waals surface area contributed by atoms with E-state index in [-0.39, 0.29) is 16.5 Å². The maximum Gasteiger partial charge on any atom is 0.243 e. The van der Waals surface area contributed by atoms with E-state index in [0.717, 1.165) is 6.07 Å². The fraction of sp³-hybridized carbons (Fsp3) is 0.571. The summed E-state index contributed by atoms with van der Waals surface area (Å²) in [5.41, 5.74) is 0. The lowest BCUT2D eigenvalue weighted by Gasteiger charge is -2.27. The molecule has 1 aromatic rings. The zero-order valence-electron chi connectivity index (χ0n) is 12.8. The summed E-state index contributed by atoms with van der Waals surface area (Å²) in [5.74, 6) is -0.841. The lowest BCUT2D eigenvalue weighted by Crippen LogP contribution is -3.18. The van der Waals surface area contributed by atoms with Crippen molar-refractivity contribution in [2.24, 2.45) is 0 Å². The van der Waals surface area contributed by atoms with E-state index in [2.05, 4.69) is 32.4 Å². The normalized spacial score (nSPS) is 12.6. The molecule has 1 aromatic carbocycles. The Hall–Kier alpha value is -0.690. The van der Waals surface area contributed by atoms with Gasteiger partial charge >= 0.3 is 0 Å². The zero-order chi connectivity index (χ0) is 16.2. The highest BCUT2D eigenvalue weighted by atomic mass is 35.5. The van der Waals surface area contributed by atoms with E-state index in [4.69, 9.17) is 11.6 Å². The first-order chi connectivity index (χ1) is 9.65. The maximum atomic E-state index is 13.7. The van der Waals surface area contributed by atoms with Gasteiger partial charge in [-0.1, -0.05) is 11.6 Å². The van der Waals surface area contributed by atoms with Gasteiger partial charge in [0.2, 0.25) is 10.0 Å². The first-order valence-corrected chi connectivity index (χ1v) is 8.81. The van der Waals surface area contributed by atoms with E-state index in [0.29, 0.717) is 18.6 Å². The van der Waals surface area contributed by atoms with Crippen molar-refractivity contribution in [1.82, 2.24) is 4.72 Å². The highest BCUT2D eigenvalue weighted by molar-refractivity contribution is 7.89. The van der Waals surface area contributed by atoms with E-state index in [1.807, 2.05) is 0 Å². The van der Waals surface area contributed by atoms with Crippen LogP contribution in [0.5, 0.6) is 0 Å². The van der Waals surface area contributed by atoms with Crippen LogP contribution in [0.4, 0.5) is 4.39 Å². The molecule has 0 aliphatic rings. The van der Waals surface area contributed by atoms with Crippen LogP contribution < -0.4 is 9.62 Å². The van der Waals surface area contributed by atoms with Crippen LogP contribution in [-0.2, 0) is 10.0 Å². The number of rotatable bonds is 7. The first-order valence-electron chi connectivity index (χ1n) is 6.95. The lowest BCUT2D eigenvalue weighted by atomic mass is 10.2. The van der Waals surface area contributed by atoms with E-state index in [9.17, 15) is 12.8 Å². The number of hydrogen-bond donors (Lipinski definition) is 2. The molecule has 7 heteroatoms. The maximum absolute atomic E-state index is 13.7. The van der Waals surface area contributed by atoms with E-state index < -0.39 is 15.8 Å². The third-order valence-electron chi connectivity index (χ3n) is 3.37. The average Bonchev–Trinajstić information content (AvgIpc) is 2.33. The van der Waals surface area contributed by atoms with Gasteiger partial charge < -0.3 is 4.90 Å². The summed E-state index contributed by atoms with van der Waals surface area (Å²) in [6, 6.07) is 4.31. The van der Waals surface area contributed by atoms with Crippen LogP contribution in [0.2, 0.25) is 5.02 Å². The van der Waals surface area contributed by atoms with E-state index in [1.165, 1.54) is 17.0 Å². The molecule has 4 nitrogen and oxygen atoms in total. The fourth-order valence-electron chi connectivity index (χ4n) is 2.34. The van der Waals surface area contributed by atoms with Gasteiger partial charge in [0, 0.05) is 5.02 Å². The summed E-state index contributed by atoms with van der Waals surface area (Å²) in [6.45, 7) is 9.25. The molecular formula is C14H23ClFN2O2S+. The average molecular weight is 338 g/mol. The third kappa shape index (κ3) is 5.21. The Morgan fingerprint density at radius 2 is 1.81 bits per heavy atom. The molecule has 0 fully saturated rings. The van der Waals surface area contributed by atoms with Gasteiger partial charge in [-0.15, -0.1) is 0 Å². The Morgan fingerprint density at radius 3 is 2.29 bits per heavy atom. The van der Waals surface area contributed by atoms with Crippen LogP contribution in [0, 0.1) is 5.82 Å². The fourth-order valence-corrected chi connectivity index (χ4v) is 3.59. The molecule has 0 heterocycles. The number of hydrogen-bond acceptors (Lipinski definition) is 2. The van der Waals surface area contributed by atoms with Gasteiger partial charge in [0.25, 0.3) is 0 Å². The number of sulfonamides is 1. The summed E-state index contributed by atoms with van der Waals surface area (Å²) in [7, 11) is -3.85. The topological polar surface area (TPSA) is 50.6 Å². The molecule has 1 rings (SSSR count). The van der Waals surface area contributed by atoms with Crippen molar-refractivity contribution in [2.45, 2.75) is 44.7 Å². The van der Waals surface area contributed by atoms with Crippen molar-refractivity contribution < 1.29 is 17.7 Å². The van der Waals surface area contributed by atoms with Crippen LogP contribution >= 0.6 is 11.6 Å². The van der Waals surface area contributed by atoms with Gasteiger partial charge in [-0.05, 0) is 45.9 Å². The molecule has 0 spiro atoms. The molecule has 0 atom stereocenters. The van der Waals surface area contributed by atoms with Crippen molar-refractivity contribution in [1.29, 1.82) is 0 Å². The second kappa shape index (κ2) is 7.54. The van der Waals surface area contributed by atoms with Crippen LogP contribution in [0.1, 0.15) is 27.7 Å². The number of benzene rings is 1. The molecule has 0 aliphatic heterocycles. The van der Waals surface area contributed by atoms with E-state index >= 15 is 0 Å². The minimum atomic E-state index is -3.85. The Balaban J connectivity index is 2.73. The van der Waals surface area contributed by atoms with Crippen LogP contribution in [0.25, 0.3) is 0 Å². The molecule has 21 heavy (non-hydrogen) atoms. The Morgan fingerprint density at radius 1 is 1.24 bits per heavy atom. The number of halogens is 2. The second-order valence-corrected chi connectivity index (χ2v) is 7.78. The third-order valence-corrected chi connectivity index (χ3v) is 5.10. The monoisotopic (exact) mass is 337 g/mol. The number of quaternary nitrogens is 1. The standard InChI is InChI=1S/C14H22ClFN2O2S/c1-10(2)18(11(3)4)8-7-17-21(19,20)14-6-5-12(15)9-13(14)16/h5-6,9-11,17H,7-8H2,1-4H3/p+1. The SMILES string of the molecule is CC(C)[NH+](CCNS(=O)(=O)c1ccc(Cl)cc1F)C(C)C. The Labute approximate surface area is 131 Å². The molecule has 0 saturated heterocycles. The number of nitrogens with one attached hydrogen (secondary N) is 2. The Bertz CT molecular complexity index is 568. The Kier molecular flexibility index (Phi) is 6.59. The van der Waals surface area contributed by atoms with Gasteiger partial charge in [0.05, 0.1) is 25.2 Å². The first kappa shape index (κ1) is 18.4. The summed E-state index contributed by atoms with van der Waals surface area (Å²) >= 11 is 5.62. The van der Waals surface area contributed by atoms with E-state index in [1.54, 1.807) is 0 Å². The molecule has 0 amide bonds. The van der Waals surface area contributed by atoms with Gasteiger partial charge in [-0.3, -0.25) is 0 Å². The van der Waals surface area contributed by atoms with Crippen molar-refractivity contribution >= 4 is 21.6 Å². The molecule has 120 valence electrons. The minimum absolute atomic E-state index is 0.168. The quantitative estimate of drug-likeness (QED) is 0.791. The van der Waals surface area contributed by atoms with Crippen LogP contribution in [0.3, 0.4) is 0 Å². The predicted octanol–water partition coefficient (Wildman–Crippen LogP) is 1.46. The van der Waals surface area contributed by atoms with Gasteiger partial charge in [-0.2, -0.15) is 0 Å². The van der Waals surface area contributed by atoms with Crippen molar-refractivity contribution in [3.63, 3.8) is 0 Å². The smallest absolute Gasteiger partial charge is 0.243 e. The largest absolute Gasteiger partial charge is 0.330 e. The van der Waals surface area contributed by atoms with Crippen molar-refractivity contribution in [2.75, 3.05) is 13.1 Å².